The largest absolute Gasteiger partial charge is 0.496 e. The molecule has 0 saturated carbocycles. The first kappa shape index (κ1) is 23.0. The number of carbonyl (C=O) groups excluding carboxylic acids is 2. The van der Waals surface area contributed by atoms with Crippen molar-refractivity contribution in [2.45, 2.75) is 18.4 Å². The van der Waals surface area contributed by atoms with Crippen molar-refractivity contribution in [1.29, 1.82) is 0 Å². The molecule has 11 nitrogen and oxygen atoms in total. The summed E-state index contributed by atoms with van der Waals surface area (Å²) in [5.41, 5.74) is 0.495. The van der Waals surface area contributed by atoms with E-state index >= 15 is 0 Å². The van der Waals surface area contributed by atoms with Crippen molar-refractivity contribution in [2.75, 3.05) is 27.3 Å². The van der Waals surface area contributed by atoms with Crippen molar-refractivity contribution in [3.8, 4) is 28.6 Å². The Morgan fingerprint density at radius 2 is 1.89 bits per heavy atom. The van der Waals surface area contributed by atoms with E-state index in [-0.39, 0.29) is 11.5 Å². The quantitative estimate of drug-likeness (QED) is 0.310. The number of benzene rings is 2. The van der Waals surface area contributed by atoms with Gasteiger partial charge in [0.1, 0.15) is 40.0 Å². The molecule has 0 bridgehead atoms. The summed E-state index contributed by atoms with van der Waals surface area (Å²) in [6, 6.07) is 12.2. The fourth-order valence-electron chi connectivity index (χ4n) is 5.30. The Morgan fingerprint density at radius 3 is 2.62 bits per heavy atom. The SMILES string of the molecule is COc1cc(C(=O)C2C(=O)c3cc(-c4nn[nH]n4)ccc3OC23CCNCC3)nc2c(OC)cccc12. The summed E-state index contributed by atoms with van der Waals surface area (Å²) in [6.45, 7) is 1.24. The van der Waals surface area contributed by atoms with Crippen LogP contribution in [0.3, 0.4) is 0 Å². The number of hydrogen-bond donors (Lipinski definition) is 2. The lowest BCUT2D eigenvalue weighted by Crippen LogP contribution is -2.58. The highest BCUT2D eigenvalue weighted by Crippen LogP contribution is 2.44. The second-order valence-corrected chi connectivity index (χ2v) is 9.09. The third kappa shape index (κ3) is 3.70. The van der Waals surface area contributed by atoms with Gasteiger partial charge in [0.15, 0.2) is 11.6 Å². The minimum Gasteiger partial charge on any atom is -0.496 e. The van der Waals surface area contributed by atoms with Gasteiger partial charge in [0.25, 0.3) is 0 Å². The van der Waals surface area contributed by atoms with E-state index in [0.717, 1.165) is 0 Å². The first-order valence-electron chi connectivity index (χ1n) is 11.9. The number of hydrogen-bond acceptors (Lipinski definition) is 10. The number of aromatic amines is 1. The Balaban J connectivity index is 1.49. The van der Waals surface area contributed by atoms with Gasteiger partial charge in [-0.15, -0.1) is 10.2 Å². The van der Waals surface area contributed by atoms with Gasteiger partial charge >= 0.3 is 0 Å². The van der Waals surface area contributed by atoms with E-state index < -0.39 is 17.3 Å². The smallest absolute Gasteiger partial charge is 0.204 e. The van der Waals surface area contributed by atoms with Crippen molar-refractivity contribution >= 4 is 22.5 Å². The highest BCUT2D eigenvalue weighted by molar-refractivity contribution is 6.19. The molecule has 1 saturated heterocycles. The number of nitrogens with zero attached hydrogens (tertiary/aromatic N) is 4. The standard InChI is InChI=1S/C26H24N6O5/c1-35-19-5-3-4-15-20(36-2)13-17(28-22(15)19)24(34)21-23(33)16-12-14(25-29-31-32-30-25)6-7-18(16)37-26(21)8-10-27-11-9-26/h3-7,12-13,21,27H,8-11H2,1-2H3,(H,29,30,31,32). The minimum absolute atomic E-state index is 0.117. The molecule has 1 fully saturated rings. The van der Waals surface area contributed by atoms with Gasteiger partial charge in [0, 0.05) is 29.9 Å². The lowest BCUT2D eigenvalue weighted by atomic mass is 9.71. The predicted molar refractivity (Wildman–Crippen MR) is 132 cm³/mol. The molecule has 4 heterocycles. The summed E-state index contributed by atoms with van der Waals surface area (Å²) >= 11 is 0. The highest BCUT2D eigenvalue weighted by atomic mass is 16.5. The molecule has 2 aromatic heterocycles. The molecule has 0 aliphatic carbocycles. The van der Waals surface area contributed by atoms with Gasteiger partial charge in [0.2, 0.25) is 5.82 Å². The number of rotatable bonds is 5. The number of tetrazole rings is 1. The number of fused-ring (bicyclic) bond motifs is 2. The maximum absolute atomic E-state index is 14.2. The molecule has 1 spiro atoms. The second-order valence-electron chi connectivity index (χ2n) is 9.09. The zero-order chi connectivity index (χ0) is 25.6. The Bertz CT molecular complexity index is 1510. The summed E-state index contributed by atoms with van der Waals surface area (Å²) in [7, 11) is 3.07. The molecular formula is C26H24N6O5. The van der Waals surface area contributed by atoms with Crippen LogP contribution in [0.4, 0.5) is 0 Å². The summed E-state index contributed by atoms with van der Waals surface area (Å²) in [5, 5.41) is 18.0. The first-order chi connectivity index (χ1) is 18.0. The summed E-state index contributed by atoms with van der Waals surface area (Å²) in [6.07, 6.45) is 0.991. The zero-order valence-corrected chi connectivity index (χ0v) is 20.3. The summed E-state index contributed by atoms with van der Waals surface area (Å²) < 4.78 is 17.6. The molecule has 1 unspecified atom stereocenters. The van der Waals surface area contributed by atoms with Crippen LogP contribution in [0.2, 0.25) is 0 Å². The van der Waals surface area contributed by atoms with Gasteiger partial charge < -0.3 is 19.5 Å². The number of piperidine rings is 1. The third-order valence-corrected chi connectivity index (χ3v) is 7.12. The van der Waals surface area contributed by atoms with E-state index in [4.69, 9.17) is 14.2 Å². The van der Waals surface area contributed by atoms with E-state index in [0.29, 0.717) is 71.0 Å². The fraction of sp³-hybridized carbons (Fsp3) is 0.308. The van der Waals surface area contributed by atoms with Crippen molar-refractivity contribution in [1.82, 2.24) is 30.9 Å². The van der Waals surface area contributed by atoms with Crippen molar-refractivity contribution in [3.05, 3.63) is 53.7 Å². The van der Waals surface area contributed by atoms with Crippen LogP contribution in [0, 0.1) is 5.92 Å². The lowest BCUT2D eigenvalue weighted by molar-refractivity contribution is -0.0139. The van der Waals surface area contributed by atoms with Crippen LogP contribution >= 0.6 is 0 Å². The number of aromatic nitrogens is 5. The third-order valence-electron chi connectivity index (χ3n) is 7.12. The summed E-state index contributed by atoms with van der Waals surface area (Å²) in [4.78, 5) is 32.9. The Hall–Kier alpha value is -4.38. The number of H-pyrrole nitrogens is 1. The monoisotopic (exact) mass is 500 g/mol. The molecule has 188 valence electrons. The first-order valence-corrected chi connectivity index (χ1v) is 11.9. The van der Waals surface area contributed by atoms with E-state index in [1.807, 2.05) is 12.1 Å². The molecule has 6 rings (SSSR count). The predicted octanol–water partition coefficient (Wildman–Crippen LogP) is 2.63. The molecule has 0 radical (unpaired) electrons. The van der Waals surface area contributed by atoms with Crippen LogP contribution < -0.4 is 19.5 Å². The number of nitrogens with one attached hydrogen (secondary N) is 2. The van der Waals surface area contributed by atoms with E-state index in [1.165, 1.54) is 14.2 Å². The second kappa shape index (κ2) is 8.93. The van der Waals surface area contributed by atoms with Gasteiger partial charge in [-0.3, -0.25) is 9.59 Å². The van der Waals surface area contributed by atoms with Gasteiger partial charge in [-0.2, -0.15) is 5.21 Å². The molecule has 1 atom stereocenters. The van der Waals surface area contributed by atoms with Gasteiger partial charge in [0.05, 0.1) is 19.8 Å². The molecule has 4 aromatic rings. The maximum Gasteiger partial charge on any atom is 0.204 e. The minimum atomic E-state index is -1.09. The van der Waals surface area contributed by atoms with Gasteiger partial charge in [-0.05, 0) is 48.6 Å². The van der Waals surface area contributed by atoms with Crippen LogP contribution in [-0.2, 0) is 0 Å². The van der Waals surface area contributed by atoms with Crippen LogP contribution in [0.1, 0.15) is 33.7 Å². The number of methoxy groups -OCH3 is 2. The molecule has 2 aliphatic rings. The fourth-order valence-corrected chi connectivity index (χ4v) is 5.30. The summed E-state index contributed by atoms with van der Waals surface area (Å²) in [5.74, 6) is -0.0820. The highest BCUT2D eigenvalue weighted by Gasteiger charge is 2.54. The Labute approximate surface area is 211 Å². The van der Waals surface area contributed by atoms with Crippen LogP contribution in [0.15, 0.2) is 42.5 Å². The number of Topliss-reactive ketones (excluding diaryl/α,β-unsaturated/α-hetero) is 2. The zero-order valence-electron chi connectivity index (χ0n) is 20.3. The maximum atomic E-state index is 14.2. The lowest BCUT2D eigenvalue weighted by Gasteiger charge is -2.45. The average Bonchev–Trinajstić information content (AvgIpc) is 3.47. The van der Waals surface area contributed by atoms with Gasteiger partial charge in [-0.25, -0.2) is 4.98 Å². The van der Waals surface area contributed by atoms with Crippen LogP contribution in [0.5, 0.6) is 17.2 Å². The molecular weight excluding hydrogens is 476 g/mol. The Morgan fingerprint density at radius 1 is 1.08 bits per heavy atom. The van der Waals surface area contributed by atoms with E-state index in [2.05, 4.69) is 30.9 Å². The van der Waals surface area contributed by atoms with Crippen LogP contribution in [0.25, 0.3) is 22.3 Å². The normalized spacial score (nSPS) is 18.3. The van der Waals surface area contributed by atoms with E-state index in [1.54, 1.807) is 30.3 Å². The Kier molecular flexibility index (Phi) is 5.56. The van der Waals surface area contributed by atoms with Crippen molar-refractivity contribution < 1.29 is 23.8 Å². The molecule has 2 aliphatic heterocycles. The topological polar surface area (TPSA) is 141 Å². The number of pyridine rings is 1. The van der Waals surface area contributed by atoms with Gasteiger partial charge in [-0.1, -0.05) is 6.07 Å². The number of carbonyl (C=O) groups is 2. The number of ether oxygens (including phenoxy) is 3. The van der Waals surface area contributed by atoms with Crippen LogP contribution in [-0.4, -0.2) is 70.1 Å². The molecule has 2 aromatic carbocycles. The van der Waals surface area contributed by atoms with Crippen molar-refractivity contribution in [2.24, 2.45) is 5.92 Å². The number of ketones is 2. The molecule has 2 N–H and O–H groups in total. The molecule has 0 amide bonds. The van der Waals surface area contributed by atoms with E-state index in [9.17, 15) is 9.59 Å². The molecule has 11 heteroatoms. The average molecular weight is 501 g/mol. The van der Waals surface area contributed by atoms with Crippen molar-refractivity contribution in [3.63, 3.8) is 0 Å². The molecule has 37 heavy (non-hydrogen) atoms. The number of para-hydroxylation sites is 1.